The van der Waals surface area contributed by atoms with Crippen molar-refractivity contribution in [3.05, 3.63) is 29.3 Å². The Hall–Kier alpha value is -1.55. The van der Waals surface area contributed by atoms with Crippen LogP contribution in [-0.2, 0) is 4.74 Å². The lowest BCUT2D eigenvalue weighted by Gasteiger charge is -2.05. The average Bonchev–Trinajstić information content (AvgIpc) is 3.08. The van der Waals surface area contributed by atoms with Gasteiger partial charge in [-0.3, -0.25) is 0 Å². The van der Waals surface area contributed by atoms with Gasteiger partial charge in [0, 0.05) is 0 Å². The van der Waals surface area contributed by atoms with Crippen LogP contribution in [0.25, 0.3) is 0 Å². The smallest absolute Gasteiger partial charge is 0.341 e. The molecule has 1 fully saturated rings. The van der Waals surface area contributed by atoms with Gasteiger partial charge in [0.1, 0.15) is 11.3 Å². The molecule has 0 unspecified atom stereocenters. The lowest BCUT2D eigenvalue weighted by molar-refractivity contribution is 0.0597. The third-order valence-electron chi connectivity index (χ3n) is 3.08. The molecule has 86 valence electrons. The molecule has 3 N–H and O–H groups in total. The fourth-order valence-corrected chi connectivity index (χ4v) is 1.97. The second kappa shape index (κ2) is 4.14. The lowest BCUT2D eigenvalue weighted by Crippen LogP contribution is -2.04. The van der Waals surface area contributed by atoms with Crippen LogP contribution in [0.2, 0.25) is 0 Å². The zero-order valence-electron chi connectivity index (χ0n) is 9.14. The van der Waals surface area contributed by atoms with Gasteiger partial charge in [-0.05, 0) is 42.5 Å². The SMILES string of the molecule is COC(=O)c1cc([C@@H]2C[C@H]2CN)ccc1O. The molecular weight excluding hydrogens is 206 g/mol. The topological polar surface area (TPSA) is 72.5 Å². The number of rotatable bonds is 3. The Morgan fingerprint density at radius 2 is 2.38 bits per heavy atom. The molecule has 0 spiro atoms. The van der Waals surface area contributed by atoms with Gasteiger partial charge in [-0.15, -0.1) is 0 Å². The van der Waals surface area contributed by atoms with Gasteiger partial charge in [-0.25, -0.2) is 4.79 Å². The van der Waals surface area contributed by atoms with E-state index in [1.54, 1.807) is 6.07 Å². The summed E-state index contributed by atoms with van der Waals surface area (Å²) in [4.78, 5) is 11.4. The molecule has 0 amide bonds. The van der Waals surface area contributed by atoms with E-state index in [1.807, 2.05) is 6.07 Å². The summed E-state index contributed by atoms with van der Waals surface area (Å²) < 4.78 is 4.60. The number of carbonyl (C=O) groups excluding carboxylic acids is 1. The summed E-state index contributed by atoms with van der Waals surface area (Å²) in [7, 11) is 1.30. The van der Waals surface area contributed by atoms with Crippen LogP contribution in [-0.4, -0.2) is 24.7 Å². The Kier molecular flexibility index (Phi) is 2.83. The summed E-state index contributed by atoms with van der Waals surface area (Å²) in [6.07, 6.45) is 1.06. The maximum atomic E-state index is 11.4. The van der Waals surface area contributed by atoms with E-state index in [4.69, 9.17) is 5.73 Å². The number of methoxy groups -OCH3 is 1. The van der Waals surface area contributed by atoms with Crippen molar-refractivity contribution in [2.45, 2.75) is 12.3 Å². The van der Waals surface area contributed by atoms with Crippen LogP contribution in [0, 0.1) is 5.92 Å². The third kappa shape index (κ3) is 1.88. The minimum absolute atomic E-state index is 0.0412. The van der Waals surface area contributed by atoms with Crippen LogP contribution in [0.15, 0.2) is 18.2 Å². The molecule has 1 aliphatic rings. The number of esters is 1. The monoisotopic (exact) mass is 221 g/mol. The van der Waals surface area contributed by atoms with Crippen molar-refractivity contribution in [1.29, 1.82) is 0 Å². The first-order valence-electron chi connectivity index (χ1n) is 5.28. The summed E-state index contributed by atoms with van der Waals surface area (Å²) in [5.41, 5.74) is 6.85. The Balaban J connectivity index is 2.26. The number of hydrogen-bond acceptors (Lipinski definition) is 4. The molecule has 4 heteroatoms. The van der Waals surface area contributed by atoms with Gasteiger partial charge in [0.25, 0.3) is 0 Å². The first-order valence-corrected chi connectivity index (χ1v) is 5.28. The number of hydrogen-bond donors (Lipinski definition) is 2. The van der Waals surface area contributed by atoms with Crippen molar-refractivity contribution in [3.8, 4) is 5.75 Å². The largest absolute Gasteiger partial charge is 0.507 e. The van der Waals surface area contributed by atoms with Gasteiger partial charge < -0.3 is 15.6 Å². The third-order valence-corrected chi connectivity index (χ3v) is 3.08. The molecule has 1 aromatic carbocycles. The van der Waals surface area contributed by atoms with E-state index in [-0.39, 0.29) is 11.3 Å². The molecule has 0 aliphatic heterocycles. The number of nitrogens with two attached hydrogens (primary N) is 1. The molecule has 2 atom stereocenters. The van der Waals surface area contributed by atoms with Crippen LogP contribution in [0.1, 0.15) is 28.3 Å². The molecule has 4 nitrogen and oxygen atoms in total. The number of phenols is 1. The normalized spacial score (nSPS) is 22.9. The first-order chi connectivity index (χ1) is 7.67. The van der Waals surface area contributed by atoms with E-state index < -0.39 is 5.97 Å². The molecule has 0 bridgehead atoms. The Morgan fingerprint density at radius 3 is 2.94 bits per heavy atom. The zero-order chi connectivity index (χ0) is 11.7. The minimum Gasteiger partial charge on any atom is -0.507 e. The van der Waals surface area contributed by atoms with Crippen molar-refractivity contribution in [2.75, 3.05) is 13.7 Å². The molecule has 0 aromatic heterocycles. The predicted molar refractivity (Wildman–Crippen MR) is 59.3 cm³/mol. The van der Waals surface area contributed by atoms with Crippen molar-refractivity contribution in [3.63, 3.8) is 0 Å². The summed E-state index contributed by atoms with van der Waals surface area (Å²) >= 11 is 0. The van der Waals surface area contributed by atoms with Crippen molar-refractivity contribution in [1.82, 2.24) is 0 Å². The molecule has 1 aliphatic carbocycles. The van der Waals surface area contributed by atoms with Crippen LogP contribution in [0.5, 0.6) is 5.75 Å². The van der Waals surface area contributed by atoms with Crippen molar-refractivity contribution in [2.24, 2.45) is 11.7 Å². The van der Waals surface area contributed by atoms with E-state index in [0.717, 1.165) is 12.0 Å². The number of benzene rings is 1. The molecule has 0 radical (unpaired) electrons. The van der Waals surface area contributed by atoms with E-state index in [2.05, 4.69) is 4.74 Å². The zero-order valence-corrected chi connectivity index (χ0v) is 9.14. The van der Waals surface area contributed by atoms with Gasteiger partial charge >= 0.3 is 5.97 Å². The van der Waals surface area contributed by atoms with Gasteiger partial charge in [-0.2, -0.15) is 0 Å². The second-order valence-electron chi connectivity index (χ2n) is 4.11. The van der Waals surface area contributed by atoms with Crippen LogP contribution >= 0.6 is 0 Å². The highest BCUT2D eigenvalue weighted by atomic mass is 16.5. The Bertz CT molecular complexity index is 417. The van der Waals surface area contributed by atoms with Crippen molar-refractivity contribution >= 4 is 5.97 Å². The predicted octanol–water partition coefficient (Wildman–Crippen LogP) is 1.24. The highest BCUT2D eigenvalue weighted by molar-refractivity contribution is 5.92. The van der Waals surface area contributed by atoms with Gasteiger partial charge in [0.05, 0.1) is 7.11 Å². The van der Waals surface area contributed by atoms with E-state index >= 15 is 0 Å². The van der Waals surface area contributed by atoms with Gasteiger partial charge in [0.2, 0.25) is 0 Å². The second-order valence-corrected chi connectivity index (χ2v) is 4.11. The van der Waals surface area contributed by atoms with Crippen LogP contribution in [0.4, 0.5) is 0 Å². The van der Waals surface area contributed by atoms with Crippen LogP contribution in [0.3, 0.4) is 0 Å². The van der Waals surface area contributed by atoms with Crippen LogP contribution < -0.4 is 5.73 Å². The summed E-state index contributed by atoms with van der Waals surface area (Å²) in [5.74, 6) is 0.383. The first kappa shape index (κ1) is 11.0. The minimum atomic E-state index is -0.510. The molecule has 1 saturated carbocycles. The van der Waals surface area contributed by atoms with E-state index in [9.17, 15) is 9.90 Å². The molecule has 1 aromatic rings. The fraction of sp³-hybridized carbons (Fsp3) is 0.417. The quantitative estimate of drug-likeness (QED) is 0.753. The number of aromatic hydroxyl groups is 1. The molecule has 0 heterocycles. The average molecular weight is 221 g/mol. The summed E-state index contributed by atoms with van der Waals surface area (Å²) in [6.45, 7) is 0.666. The highest BCUT2D eigenvalue weighted by Gasteiger charge is 2.37. The maximum absolute atomic E-state index is 11.4. The fourth-order valence-electron chi connectivity index (χ4n) is 1.97. The number of ether oxygens (including phenoxy) is 1. The number of carbonyl (C=O) groups is 1. The van der Waals surface area contributed by atoms with Gasteiger partial charge in [-0.1, -0.05) is 6.07 Å². The molecule has 2 rings (SSSR count). The lowest BCUT2D eigenvalue weighted by atomic mass is 10.0. The Morgan fingerprint density at radius 1 is 1.62 bits per heavy atom. The standard InChI is InChI=1S/C12H15NO3/c1-16-12(15)10-4-7(2-3-11(10)14)9-5-8(9)6-13/h2-4,8-9,14H,5-6,13H2,1H3/t8-,9-/m0/s1. The Labute approximate surface area is 94.0 Å². The molecular formula is C12H15NO3. The van der Waals surface area contributed by atoms with Crippen molar-refractivity contribution < 1.29 is 14.6 Å². The number of phenolic OH excluding ortho intramolecular Hbond substituents is 1. The summed E-state index contributed by atoms with van der Waals surface area (Å²) in [5, 5.41) is 9.54. The van der Waals surface area contributed by atoms with E-state index in [0.29, 0.717) is 18.4 Å². The highest BCUT2D eigenvalue weighted by Crippen LogP contribution is 2.47. The molecule has 16 heavy (non-hydrogen) atoms. The summed E-state index contributed by atoms with van der Waals surface area (Å²) in [6, 6.07) is 5.07. The van der Waals surface area contributed by atoms with Gasteiger partial charge in [0.15, 0.2) is 0 Å². The molecule has 0 saturated heterocycles. The maximum Gasteiger partial charge on any atom is 0.341 e. The van der Waals surface area contributed by atoms with E-state index in [1.165, 1.54) is 13.2 Å².